The van der Waals surface area contributed by atoms with Crippen molar-refractivity contribution in [2.45, 2.75) is 13.0 Å². The molecule has 10 heteroatoms. The second kappa shape index (κ2) is 7.90. The Labute approximate surface area is 162 Å². The molecule has 0 bridgehead atoms. The Morgan fingerprint density at radius 1 is 1.54 bits per heavy atom. The van der Waals surface area contributed by atoms with Crippen LogP contribution in [0.2, 0.25) is 5.02 Å². The minimum absolute atomic E-state index is 0.0410. The standard InChI is InChI=1S/C16H13ClFN5OS2/c1-2-5-23-13(21-22-16(23)25)7-10-8-26-15(19-10)20-14(24)11-4-3-9(18)6-12(11)17/h2-4,6,8H,1,5,7H2,(H,22,25)(H,19,20,24). The normalized spacial score (nSPS) is 10.7. The van der Waals surface area contributed by atoms with E-state index in [-0.39, 0.29) is 10.6 Å². The molecule has 0 aliphatic heterocycles. The molecule has 26 heavy (non-hydrogen) atoms. The van der Waals surface area contributed by atoms with Gasteiger partial charge in [0.15, 0.2) is 9.90 Å². The van der Waals surface area contributed by atoms with Crippen molar-refractivity contribution < 1.29 is 9.18 Å². The number of amides is 1. The first-order chi connectivity index (χ1) is 12.5. The van der Waals surface area contributed by atoms with Gasteiger partial charge in [0.2, 0.25) is 0 Å². The van der Waals surface area contributed by atoms with Crippen LogP contribution in [0.1, 0.15) is 21.9 Å². The lowest BCUT2D eigenvalue weighted by molar-refractivity contribution is 0.102. The number of aromatic amines is 1. The Bertz CT molecular complexity index is 1030. The highest BCUT2D eigenvalue weighted by Gasteiger charge is 2.14. The maximum atomic E-state index is 13.1. The molecule has 0 aliphatic rings. The quantitative estimate of drug-likeness (QED) is 0.472. The number of aromatic nitrogens is 4. The first-order valence-corrected chi connectivity index (χ1v) is 9.10. The van der Waals surface area contributed by atoms with Gasteiger partial charge >= 0.3 is 0 Å². The van der Waals surface area contributed by atoms with Gasteiger partial charge in [0.25, 0.3) is 5.91 Å². The van der Waals surface area contributed by atoms with E-state index in [0.717, 1.165) is 17.6 Å². The molecule has 0 spiro atoms. The summed E-state index contributed by atoms with van der Waals surface area (Å²) in [4.78, 5) is 16.6. The van der Waals surface area contributed by atoms with E-state index in [1.54, 1.807) is 6.08 Å². The Hall–Kier alpha value is -2.36. The highest BCUT2D eigenvalue weighted by Crippen LogP contribution is 2.22. The Kier molecular flexibility index (Phi) is 5.60. The predicted octanol–water partition coefficient (Wildman–Crippen LogP) is 4.22. The number of nitrogens with zero attached hydrogens (tertiary/aromatic N) is 3. The fourth-order valence-corrected chi connectivity index (χ4v) is 3.43. The second-order valence-corrected chi connectivity index (χ2v) is 6.90. The van der Waals surface area contributed by atoms with Gasteiger partial charge in [-0.25, -0.2) is 9.37 Å². The molecule has 0 radical (unpaired) electrons. The number of allylic oxidation sites excluding steroid dienone is 1. The van der Waals surface area contributed by atoms with E-state index in [2.05, 4.69) is 27.1 Å². The minimum Gasteiger partial charge on any atom is -0.300 e. The predicted molar refractivity (Wildman–Crippen MR) is 102 cm³/mol. The van der Waals surface area contributed by atoms with Crippen molar-refractivity contribution in [2.75, 3.05) is 5.32 Å². The molecule has 3 rings (SSSR count). The zero-order valence-electron chi connectivity index (χ0n) is 13.3. The summed E-state index contributed by atoms with van der Waals surface area (Å²) < 4.78 is 15.4. The van der Waals surface area contributed by atoms with Crippen molar-refractivity contribution in [1.82, 2.24) is 19.7 Å². The summed E-state index contributed by atoms with van der Waals surface area (Å²) >= 11 is 12.4. The molecule has 0 atom stereocenters. The summed E-state index contributed by atoms with van der Waals surface area (Å²) in [6, 6.07) is 3.59. The smallest absolute Gasteiger partial charge is 0.258 e. The Morgan fingerprint density at radius 2 is 2.35 bits per heavy atom. The van der Waals surface area contributed by atoms with Gasteiger partial charge in [0, 0.05) is 11.9 Å². The number of benzene rings is 1. The summed E-state index contributed by atoms with van der Waals surface area (Å²) in [5, 5.41) is 11.9. The van der Waals surface area contributed by atoms with Crippen molar-refractivity contribution in [3.8, 4) is 0 Å². The topological polar surface area (TPSA) is 75.6 Å². The van der Waals surface area contributed by atoms with E-state index in [1.807, 2.05) is 9.95 Å². The molecule has 2 N–H and O–H groups in total. The molecular weight excluding hydrogens is 397 g/mol. The molecule has 0 unspecified atom stereocenters. The van der Waals surface area contributed by atoms with Crippen LogP contribution < -0.4 is 5.32 Å². The van der Waals surface area contributed by atoms with Gasteiger partial charge in [0.1, 0.15) is 11.6 Å². The number of nitrogens with one attached hydrogen (secondary N) is 2. The van der Waals surface area contributed by atoms with E-state index in [9.17, 15) is 9.18 Å². The molecule has 6 nitrogen and oxygen atoms in total. The number of anilines is 1. The maximum Gasteiger partial charge on any atom is 0.258 e. The lowest BCUT2D eigenvalue weighted by Crippen LogP contribution is -2.12. The molecule has 2 heterocycles. The van der Waals surface area contributed by atoms with Gasteiger partial charge in [-0.15, -0.1) is 17.9 Å². The van der Waals surface area contributed by atoms with Crippen molar-refractivity contribution in [3.63, 3.8) is 0 Å². The number of hydrogen-bond acceptors (Lipinski definition) is 5. The third-order valence-electron chi connectivity index (χ3n) is 3.44. The third-order valence-corrected chi connectivity index (χ3v) is 4.87. The average Bonchev–Trinajstić information content (AvgIpc) is 3.16. The Morgan fingerprint density at radius 3 is 3.08 bits per heavy atom. The Balaban J connectivity index is 1.73. The largest absolute Gasteiger partial charge is 0.300 e. The fraction of sp³-hybridized carbons (Fsp3) is 0.125. The first-order valence-electron chi connectivity index (χ1n) is 7.43. The van der Waals surface area contributed by atoms with E-state index in [4.69, 9.17) is 23.8 Å². The van der Waals surface area contributed by atoms with Crippen LogP contribution in [-0.2, 0) is 13.0 Å². The van der Waals surface area contributed by atoms with Gasteiger partial charge in [-0.05, 0) is 30.4 Å². The van der Waals surface area contributed by atoms with Crippen LogP contribution in [0, 0.1) is 10.6 Å². The molecule has 2 aromatic heterocycles. The van der Waals surface area contributed by atoms with Crippen molar-refractivity contribution in [1.29, 1.82) is 0 Å². The lowest BCUT2D eigenvalue weighted by Gasteiger charge is -2.04. The van der Waals surface area contributed by atoms with Crippen molar-refractivity contribution >= 4 is 46.2 Å². The van der Waals surface area contributed by atoms with E-state index in [1.165, 1.54) is 23.5 Å². The molecule has 134 valence electrons. The average molecular weight is 410 g/mol. The monoisotopic (exact) mass is 409 g/mol. The minimum atomic E-state index is -0.504. The summed E-state index contributed by atoms with van der Waals surface area (Å²) in [5.41, 5.74) is 0.909. The molecule has 1 amide bonds. The molecule has 1 aromatic carbocycles. The van der Waals surface area contributed by atoms with Crippen LogP contribution in [-0.4, -0.2) is 25.7 Å². The van der Waals surface area contributed by atoms with E-state index < -0.39 is 11.7 Å². The number of rotatable bonds is 6. The molecule has 0 fully saturated rings. The number of carbonyl (C=O) groups is 1. The SMILES string of the molecule is C=CCn1c(Cc2csc(NC(=O)c3ccc(F)cc3Cl)n2)n[nH]c1=S. The first kappa shape index (κ1) is 18.4. The number of H-pyrrole nitrogens is 1. The highest BCUT2D eigenvalue weighted by atomic mass is 35.5. The summed E-state index contributed by atoms with van der Waals surface area (Å²) in [7, 11) is 0. The zero-order chi connectivity index (χ0) is 18.7. The molecular formula is C16H13ClFN5OS2. The number of thiazole rings is 1. The summed E-state index contributed by atoms with van der Waals surface area (Å²) in [5.74, 6) is -0.235. The molecule has 0 saturated carbocycles. The number of hydrogen-bond donors (Lipinski definition) is 2. The van der Waals surface area contributed by atoms with Crippen LogP contribution in [0.3, 0.4) is 0 Å². The maximum absolute atomic E-state index is 13.1. The molecule has 0 aliphatic carbocycles. The summed E-state index contributed by atoms with van der Waals surface area (Å²) in [6.45, 7) is 4.24. The van der Waals surface area contributed by atoms with Crippen molar-refractivity contribution in [3.05, 3.63) is 68.9 Å². The zero-order valence-corrected chi connectivity index (χ0v) is 15.7. The van der Waals surface area contributed by atoms with Crippen LogP contribution in [0.25, 0.3) is 0 Å². The second-order valence-electron chi connectivity index (χ2n) is 5.24. The van der Waals surface area contributed by atoms with Crippen LogP contribution in [0.5, 0.6) is 0 Å². The van der Waals surface area contributed by atoms with Gasteiger partial charge in [-0.2, -0.15) is 5.10 Å². The highest BCUT2D eigenvalue weighted by molar-refractivity contribution is 7.71. The van der Waals surface area contributed by atoms with Crippen molar-refractivity contribution in [2.24, 2.45) is 0 Å². The van der Waals surface area contributed by atoms with Gasteiger partial charge in [0.05, 0.1) is 22.7 Å². The molecule has 0 saturated heterocycles. The number of halogens is 2. The van der Waals surface area contributed by atoms with Gasteiger partial charge < -0.3 is 0 Å². The fourth-order valence-electron chi connectivity index (χ4n) is 2.25. The van der Waals surface area contributed by atoms with E-state index in [0.29, 0.717) is 22.9 Å². The van der Waals surface area contributed by atoms with Crippen LogP contribution in [0.4, 0.5) is 9.52 Å². The third kappa shape index (κ3) is 4.06. The van der Waals surface area contributed by atoms with Crippen LogP contribution in [0.15, 0.2) is 36.2 Å². The van der Waals surface area contributed by atoms with Gasteiger partial charge in [-0.3, -0.25) is 19.8 Å². The van der Waals surface area contributed by atoms with Crippen LogP contribution >= 0.6 is 35.2 Å². The summed E-state index contributed by atoms with van der Waals surface area (Å²) in [6.07, 6.45) is 2.18. The van der Waals surface area contributed by atoms with E-state index >= 15 is 0 Å². The van der Waals surface area contributed by atoms with Gasteiger partial charge in [-0.1, -0.05) is 17.7 Å². The lowest BCUT2D eigenvalue weighted by atomic mass is 10.2. The molecule has 3 aromatic rings. The number of carbonyl (C=O) groups excluding carboxylic acids is 1.